The summed E-state index contributed by atoms with van der Waals surface area (Å²) < 4.78 is 13.0. The summed E-state index contributed by atoms with van der Waals surface area (Å²) in [6.45, 7) is 0. The van der Waals surface area contributed by atoms with Crippen molar-refractivity contribution in [3.63, 3.8) is 0 Å². The fraction of sp³-hybridized carbons (Fsp3) is 0.259. The quantitative estimate of drug-likeness (QED) is 0.124. The molecule has 0 spiro atoms. The van der Waals surface area contributed by atoms with E-state index in [0.717, 1.165) is 16.7 Å². The molecule has 8 heteroatoms. The van der Waals surface area contributed by atoms with Crippen molar-refractivity contribution in [1.82, 2.24) is 10.0 Å². The largest absolute Gasteiger partial charge is 0.575 e. The van der Waals surface area contributed by atoms with Gasteiger partial charge in [-0.1, -0.05) is 102 Å². The van der Waals surface area contributed by atoms with Gasteiger partial charge in [0.2, 0.25) is 0 Å². The molecule has 0 aliphatic carbocycles. The van der Waals surface area contributed by atoms with Gasteiger partial charge in [0.05, 0.1) is 6.04 Å². The third kappa shape index (κ3) is 9.46. The number of halogens is 1. The average molecular weight is 509 g/mol. The summed E-state index contributed by atoms with van der Waals surface area (Å²) in [5, 5.41) is 12.6. The summed E-state index contributed by atoms with van der Waals surface area (Å²) in [5.41, 5.74) is 3.18. The maximum Gasteiger partial charge on any atom is 0.575 e. The number of benzene rings is 3. The first-order valence-electron chi connectivity index (χ1n) is 11.5. The molecule has 184 valence electrons. The Balaban J connectivity index is 1.93. The van der Waals surface area contributed by atoms with Crippen molar-refractivity contribution in [3.8, 4) is 0 Å². The van der Waals surface area contributed by atoms with Gasteiger partial charge in [-0.3, -0.25) is 10.0 Å². The molecule has 3 aromatic rings. The summed E-state index contributed by atoms with van der Waals surface area (Å²) in [6.07, 6.45) is 0.995. The van der Waals surface area contributed by atoms with Crippen LogP contribution in [-0.2, 0) is 27.7 Å². The third-order valence-corrected chi connectivity index (χ3v) is 7.59. The number of hydrogen-bond acceptors (Lipinski definition) is 6. The van der Waals surface area contributed by atoms with Crippen molar-refractivity contribution in [1.29, 1.82) is 0 Å². The Kier molecular flexibility index (Phi) is 9.75. The second-order valence-electron chi connectivity index (χ2n) is 8.53. The molecule has 0 saturated carbocycles. The molecule has 0 fully saturated rings. The second-order valence-corrected chi connectivity index (χ2v) is 12.3. The lowest BCUT2D eigenvalue weighted by molar-refractivity contribution is 0.347. The zero-order chi connectivity index (χ0) is 25.1. The number of rotatable bonds is 10. The standard InChI is InChI=1S/C27H33ClN4O2Si/c1-31(2)29-26(20-23-14-8-5-9-15-23)33-35(28,22-25-18-12-7-13-19-25)34-27(30-32(3)4)21-24-16-10-6-11-17-24/h5-19H,20-22H2,1-4H3/b29-26-,30-27-. The first-order chi connectivity index (χ1) is 16.8. The van der Waals surface area contributed by atoms with E-state index in [4.69, 9.17) is 19.9 Å². The molecule has 0 atom stereocenters. The van der Waals surface area contributed by atoms with Crippen LogP contribution in [0.15, 0.2) is 101 Å². The van der Waals surface area contributed by atoms with Crippen LogP contribution >= 0.6 is 11.1 Å². The van der Waals surface area contributed by atoms with Crippen LogP contribution in [0.5, 0.6) is 0 Å². The van der Waals surface area contributed by atoms with E-state index in [9.17, 15) is 0 Å². The Labute approximate surface area is 214 Å². The highest BCUT2D eigenvalue weighted by Gasteiger charge is 2.43. The fourth-order valence-electron chi connectivity index (χ4n) is 3.46. The smallest absolute Gasteiger partial charge is 0.488 e. The molecule has 0 N–H and O–H groups in total. The van der Waals surface area contributed by atoms with E-state index >= 15 is 0 Å². The number of hydrazone groups is 2. The molecule has 3 aromatic carbocycles. The minimum atomic E-state index is -3.40. The lowest BCUT2D eigenvalue weighted by Crippen LogP contribution is -2.44. The predicted molar refractivity (Wildman–Crippen MR) is 146 cm³/mol. The Hall–Kier alpha value is -3.29. The van der Waals surface area contributed by atoms with Gasteiger partial charge in [0, 0.05) is 41.0 Å². The molecule has 0 bridgehead atoms. The summed E-state index contributed by atoms with van der Waals surface area (Å²) in [5.74, 6) is 1.01. The minimum absolute atomic E-state index is 0.428. The van der Waals surface area contributed by atoms with E-state index in [1.54, 1.807) is 10.0 Å². The van der Waals surface area contributed by atoms with Gasteiger partial charge in [-0.2, -0.15) is 0 Å². The van der Waals surface area contributed by atoms with Crippen molar-refractivity contribution >= 4 is 30.7 Å². The molecule has 0 aromatic heterocycles. The SMILES string of the molecule is CN(C)/N=C(/Cc1ccccc1)O[Si](Cl)(Cc1ccccc1)O/C(Cc1ccccc1)=N\N(C)C. The van der Waals surface area contributed by atoms with Crippen LogP contribution in [0.1, 0.15) is 16.7 Å². The monoisotopic (exact) mass is 508 g/mol. The van der Waals surface area contributed by atoms with Crippen LogP contribution in [0, 0.1) is 0 Å². The molecule has 35 heavy (non-hydrogen) atoms. The van der Waals surface area contributed by atoms with Gasteiger partial charge < -0.3 is 8.85 Å². The van der Waals surface area contributed by atoms with Crippen LogP contribution in [-0.4, -0.2) is 57.9 Å². The van der Waals surface area contributed by atoms with Gasteiger partial charge in [-0.15, -0.1) is 10.2 Å². The van der Waals surface area contributed by atoms with Gasteiger partial charge in [-0.25, -0.2) is 0 Å². The van der Waals surface area contributed by atoms with Crippen LogP contribution < -0.4 is 0 Å². The predicted octanol–water partition coefficient (Wildman–Crippen LogP) is 5.21. The van der Waals surface area contributed by atoms with Crippen molar-refractivity contribution in [3.05, 3.63) is 108 Å². The van der Waals surface area contributed by atoms with E-state index in [0.29, 0.717) is 30.7 Å². The molecule has 0 aliphatic rings. The van der Waals surface area contributed by atoms with Gasteiger partial charge in [0.1, 0.15) is 0 Å². The van der Waals surface area contributed by atoms with E-state index in [1.807, 2.05) is 119 Å². The maximum atomic E-state index is 7.26. The molecule has 0 aliphatic heterocycles. The zero-order valence-electron chi connectivity index (χ0n) is 20.8. The summed E-state index contributed by atoms with van der Waals surface area (Å²) in [4.78, 5) is 0. The van der Waals surface area contributed by atoms with E-state index < -0.39 is 7.87 Å². The maximum absolute atomic E-state index is 7.26. The zero-order valence-corrected chi connectivity index (χ0v) is 22.5. The molecular weight excluding hydrogens is 476 g/mol. The summed E-state index contributed by atoms with van der Waals surface area (Å²) in [6, 6.07) is 30.5. The highest BCUT2D eigenvalue weighted by molar-refractivity contribution is 7.13. The topological polar surface area (TPSA) is 49.7 Å². The first-order valence-corrected chi connectivity index (χ1v) is 14.5. The third-order valence-electron chi connectivity index (χ3n) is 4.82. The van der Waals surface area contributed by atoms with E-state index in [-0.39, 0.29) is 0 Å². The first kappa shape index (κ1) is 26.3. The van der Waals surface area contributed by atoms with Gasteiger partial charge in [-0.05, 0) is 16.7 Å². The lowest BCUT2D eigenvalue weighted by Gasteiger charge is -2.28. The summed E-state index contributed by atoms with van der Waals surface area (Å²) >= 11 is 7.26. The Bertz CT molecular complexity index is 1030. The molecule has 0 saturated heterocycles. The molecule has 0 unspecified atom stereocenters. The minimum Gasteiger partial charge on any atom is -0.488 e. The van der Waals surface area contributed by atoms with Crippen LogP contribution in [0.3, 0.4) is 0 Å². The molecule has 0 heterocycles. The fourth-order valence-corrected chi connectivity index (χ4v) is 6.29. The molecule has 0 amide bonds. The van der Waals surface area contributed by atoms with Crippen molar-refractivity contribution in [2.45, 2.75) is 18.9 Å². The van der Waals surface area contributed by atoms with Crippen molar-refractivity contribution in [2.75, 3.05) is 28.2 Å². The molecule has 0 radical (unpaired) electrons. The Morgan fingerprint density at radius 3 is 1.31 bits per heavy atom. The van der Waals surface area contributed by atoms with E-state index in [1.165, 1.54) is 0 Å². The van der Waals surface area contributed by atoms with Crippen molar-refractivity contribution in [2.24, 2.45) is 10.2 Å². The van der Waals surface area contributed by atoms with Crippen LogP contribution in [0.25, 0.3) is 0 Å². The molecule has 6 nitrogen and oxygen atoms in total. The second kappa shape index (κ2) is 13.0. The van der Waals surface area contributed by atoms with Crippen molar-refractivity contribution < 1.29 is 8.85 Å². The molecule has 3 rings (SSSR count). The van der Waals surface area contributed by atoms with Gasteiger partial charge in [0.25, 0.3) is 0 Å². The number of hydrogen-bond donors (Lipinski definition) is 0. The van der Waals surface area contributed by atoms with Crippen LogP contribution in [0.4, 0.5) is 0 Å². The molecular formula is C27H33ClN4O2Si. The van der Waals surface area contributed by atoms with Gasteiger partial charge >= 0.3 is 7.87 Å². The summed E-state index contributed by atoms with van der Waals surface area (Å²) in [7, 11) is 4.04. The number of nitrogens with zero attached hydrogens (tertiary/aromatic N) is 4. The van der Waals surface area contributed by atoms with Gasteiger partial charge in [0.15, 0.2) is 11.8 Å². The highest BCUT2D eigenvalue weighted by Crippen LogP contribution is 2.23. The van der Waals surface area contributed by atoms with Crippen LogP contribution in [0.2, 0.25) is 0 Å². The lowest BCUT2D eigenvalue weighted by atomic mass is 10.1. The normalized spacial score (nSPS) is 13.6. The highest BCUT2D eigenvalue weighted by atomic mass is 35.6. The van der Waals surface area contributed by atoms with E-state index in [2.05, 4.69) is 10.2 Å². The Morgan fingerprint density at radius 2 is 0.971 bits per heavy atom. The average Bonchev–Trinajstić information content (AvgIpc) is 2.80. The Morgan fingerprint density at radius 1 is 0.629 bits per heavy atom.